The van der Waals surface area contributed by atoms with E-state index in [4.69, 9.17) is 5.11 Å². The number of aromatic nitrogens is 3. The number of nitrogens with zero attached hydrogens (tertiary/aromatic N) is 2. The van der Waals surface area contributed by atoms with Crippen molar-refractivity contribution in [3.8, 4) is 5.82 Å². The summed E-state index contributed by atoms with van der Waals surface area (Å²) in [5.74, 6) is -1.57. The zero-order valence-corrected chi connectivity index (χ0v) is 9.10. The first kappa shape index (κ1) is 12.9. The van der Waals surface area contributed by atoms with Crippen LogP contribution in [0.2, 0.25) is 0 Å². The molecule has 19 heavy (non-hydrogen) atoms. The van der Waals surface area contributed by atoms with Crippen LogP contribution in [0.25, 0.3) is 5.82 Å². The van der Waals surface area contributed by atoms with Gasteiger partial charge >= 0.3 is 12.1 Å². The highest BCUT2D eigenvalue weighted by Crippen LogP contribution is 2.28. The van der Waals surface area contributed by atoms with Crippen molar-refractivity contribution in [2.45, 2.75) is 6.18 Å². The van der Waals surface area contributed by atoms with E-state index in [0.29, 0.717) is 6.20 Å². The van der Waals surface area contributed by atoms with E-state index in [1.54, 1.807) is 0 Å². The summed E-state index contributed by atoms with van der Waals surface area (Å²) in [7, 11) is 0. The van der Waals surface area contributed by atoms with E-state index in [1.165, 1.54) is 0 Å². The molecular formula is C10H6F3N3O3. The molecule has 0 amide bonds. The Bertz CT molecular complexity index is 670. The van der Waals surface area contributed by atoms with Gasteiger partial charge in [0.1, 0.15) is 5.56 Å². The van der Waals surface area contributed by atoms with E-state index in [0.717, 1.165) is 23.0 Å². The molecular weight excluding hydrogens is 267 g/mol. The number of aromatic amines is 1. The molecule has 0 aliphatic heterocycles. The molecule has 9 heteroatoms. The Hall–Kier alpha value is -2.58. The fourth-order valence-corrected chi connectivity index (χ4v) is 1.38. The van der Waals surface area contributed by atoms with Gasteiger partial charge in [-0.3, -0.25) is 9.89 Å². The molecule has 0 aliphatic rings. The van der Waals surface area contributed by atoms with Gasteiger partial charge in [-0.25, -0.2) is 14.5 Å². The lowest BCUT2D eigenvalue weighted by Crippen LogP contribution is -2.21. The molecule has 6 nitrogen and oxygen atoms in total. The van der Waals surface area contributed by atoms with Crippen molar-refractivity contribution in [2.24, 2.45) is 0 Å². The van der Waals surface area contributed by atoms with Crippen molar-refractivity contribution in [3.05, 3.63) is 46.0 Å². The van der Waals surface area contributed by atoms with Gasteiger partial charge in [-0.2, -0.15) is 13.2 Å². The number of alkyl halides is 3. The van der Waals surface area contributed by atoms with Crippen LogP contribution in [-0.2, 0) is 6.18 Å². The quantitative estimate of drug-likeness (QED) is 0.862. The molecule has 0 unspecified atom stereocenters. The zero-order chi connectivity index (χ0) is 14.2. The minimum absolute atomic E-state index is 0.134. The average molecular weight is 273 g/mol. The van der Waals surface area contributed by atoms with Crippen LogP contribution in [0.15, 0.2) is 29.3 Å². The molecule has 2 heterocycles. The monoisotopic (exact) mass is 273 g/mol. The van der Waals surface area contributed by atoms with E-state index in [1.807, 2.05) is 0 Å². The van der Waals surface area contributed by atoms with Crippen LogP contribution in [0.5, 0.6) is 0 Å². The van der Waals surface area contributed by atoms with Crippen molar-refractivity contribution < 1.29 is 23.1 Å². The second kappa shape index (κ2) is 4.26. The Morgan fingerprint density at radius 2 is 2.05 bits per heavy atom. The van der Waals surface area contributed by atoms with Crippen molar-refractivity contribution in [3.63, 3.8) is 0 Å². The van der Waals surface area contributed by atoms with Gasteiger partial charge in [0.2, 0.25) is 0 Å². The molecule has 0 radical (unpaired) electrons. The first-order chi connectivity index (χ1) is 8.80. The molecule has 0 fully saturated rings. The molecule has 0 spiro atoms. The summed E-state index contributed by atoms with van der Waals surface area (Å²) in [5, 5.41) is 11.0. The van der Waals surface area contributed by atoms with Gasteiger partial charge in [0.25, 0.3) is 5.56 Å². The molecule has 2 aromatic rings. The van der Waals surface area contributed by atoms with E-state index >= 15 is 0 Å². The SMILES string of the molecule is O=C(O)c1c[nH]n(-c2ccc(C(F)(F)F)cn2)c1=O. The molecule has 0 aliphatic carbocycles. The number of pyridine rings is 1. The maximum atomic E-state index is 12.3. The third kappa shape index (κ3) is 2.34. The van der Waals surface area contributed by atoms with E-state index in [9.17, 15) is 22.8 Å². The van der Waals surface area contributed by atoms with Crippen LogP contribution < -0.4 is 5.56 Å². The smallest absolute Gasteiger partial charge is 0.417 e. The first-order valence-corrected chi connectivity index (χ1v) is 4.88. The predicted molar refractivity (Wildman–Crippen MR) is 56.1 cm³/mol. The molecule has 100 valence electrons. The van der Waals surface area contributed by atoms with Crippen molar-refractivity contribution in [1.29, 1.82) is 0 Å². The van der Waals surface area contributed by atoms with Gasteiger partial charge in [-0.15, -0.1) is 0 Å². The molecule has 2 rings (SSSR count). The summed E-state index contributed by atoms with van der Waals surface area (Å²) >= 11 is 0. The fourth-order valence-electron chi connectivity index (χ4n) is 1.38. The highest BCUT2D eigenvalue weighted by atomic mass is 19.4. The number of carboxylic acid groups (broad SMARTS) is 1. The van der Waals surface area contributed by atoms with Crippen LogP contribution in [0.1, 0.15) is 15.9 Å². The van der Waals surface area contributed by atoms with E-state index in [-0.39, 0.29) is 5.82 Å². The second-order valence-electron chi connectivity index (χ2n) is 3.54. The predicted octanol–water partition coefficient (Wildman–Crippen LogP) is 1.28. The van der Waals surface area contributed by atoms with Crippen LogP contribution >= 0.6 is 0 Å². The molecule has 0 aromatic carbocycles. The summed E-state index contributed by atoms with van der Waals surface area (Å²) < 4.78 is 37.7. The van der Waals surface area contributed by atoms with Crippen LogP contribution in [0.4, 0.5) is 13.2 Å². The number of H-pyrrole nitrogens is 1. The van der Waals surface area contributed by atoms with Crippen LogP contribution in [0, 0.1) is 0 Å². The highest BCUT2D eigenvalue weighted by molar-refractivity contribution is 5.86. The first-order valence-electron chi connectivity index (χ1n) is 4.88. The van der Waals surface area contributed by atoms with Gasteiger partial charge in [0.15, 0.2) is 5.82 Å². The van der Waals surface area contributed by atoms with Crippen LogP contribution in [-0.4, -0.2) is 25.8 Å². The van der Waals surface area contributed by atoms with Crippen molar-refractivity contribution >= 4 is 5.97 Å². The van der Waals surface area contributed by atoms with Gasteiger partial charge in [0.05, 0.1) is 5.56 Å². The van der Waals surface area contributed by atoms with Gasteiger partial charge in [-0.1, -0.05) is 0 Å². The van der Waals surface area contributed by atoms with Crippen LogP contribution in [0.3, 0.4) is 0 Å². The number of aromatic carboxylic acids is 1. The molecule has 0 bridgehead atoms. The number of hydrogen-bond donors (Lipinski definition) is 2. The lowest BCUT2D eigenvalue weighted by molar-refractivity contribution is -0.137. The molecule has 0 saturated carbocycles. The van der Waals surface area contributed by atoms with Gasteiger partial charge in [0, 0.05) is 12.4 Å². The lowest BCUT2D eigenvalue weighted by atomic mass is 10.3. The van der Waals surface area contributed by atoms with Gasteiger partial charge in [-0.05, 0) is 12.1 Å². The van der Waals surface area contributed by atoms with E-state index in [2.05, 4.69) is 10.1 Å². The summed E-state index contributed by atoms with van der Waals surface area (Å²) in [5.41, 5.74) is -2.39. The minimum Gasteiger partial charge on any atom is -0.477 e. The number of nitrogens with one attached hydrogen (secondary N) is 1. The standard InChI is InChI=1S/C10H6F3N3O3/c11-10(12,13)5-1-2-7(14-3-5)16-8(17)6(4-15-16)9(18)19/h1-4,15H,(H,18,19). The van der Waals surface area contributed by atoms with Crippen molar-refractivity contribution in [2.75, 3.05) is 0 Å². The third-order valence-corrected chi connectivity index (χ3v) is 2.31. The summed E-state index contributed by atoms with van der Waals surface area (Å²) in [4.78, 5) is 25.7. The molecule has 0 atom stereocenters. The third-order valence-electron chi connectivity index (χ3n) is 2.31. The average Bonchev–Trinajstić information content (AvgIpc) is 2.70. The molecule has 2 aromatic heterocycles. The molecule has 2 N–H and O–H groups in total. The number of carboxylic acids is 1. The summed E-state index contributed by atoms with van der Waals surface area (Å²) in [6, 6.07) is 1.71. The largest absolute Gasteiger partial charge is 0.477 e. The Labute approximate surface area is 103 Å². The van der Waals surface area contributed by atoms with Crippen molar-refractivity contribution in [1.82, 2.24) is 14.8 Å². The number of rotatable bonds is 2. The fraction of sp³-hybridized carbons (Fsp3) is 0.100. The highest BCUT2D eigenvalue weighted by Gasteiger charge is 2.30. The minimum atomic E-state index is -4.53. The number of carbonyl (C=O) groups is 1. The lowest BCUT2D eigenvalue weighted by Gasteiger charge is -2.06. The summed E-state index contributed by atoms with van der Waals surface area (Å²) in [6.45, 7) is 0. The molecule has 0 saturated heterocycles. The maximum Gasteiger partial charge on any atom is 0.417 e. The summed E-state index contributed by atoms with van der Waals surface area (Å²) in [6.07, 6.45) is -3.04. The zero-order valence-electron chi connectivity index (χ0n) is 9.10. The Morgan fingerprint density at radius 3 is 2.47 bits per heavy atom. The Balaban J connectivity index is 2.44. The van der Waals surface area contributed by atoms with Gasteiger partial charge < -0.3 is 5.11 Å². The normalized spacial score (nSPS) is 11.5. The van der Waals surface area contributed by atoms with E-state index < -0.39 is 28.8 Å². The topological polar surface area (TPSA) is 88.0 Å². The Kier molecular flexibility index (Phi) is 2.89. The Morgan fingerprint density at radius 1 is 1.37 bits per heavy atom. The second-order valence-corrected chi connectivity index (χ2v) is 3.54. The maximum absolute atomic E-state index is 12.3. The number of halogens is 3. The number of hydrogen-bond acceptors (Lipinski definition) is 3.